The van der Waals surface area contributed by atoms with Crippen molar-refractivity contribution in [3.8, 4) is 5.88 Å². The van der Waals surface area contributed by atoms with Gasteiger partial charge in [-0.3, -0.25) is 4.79 Å². The molecule has 1 saturated heterocycles. The summed E-state index contributed by atoms with van der Waals surface area (Å²) in [6.45, 7) is -1.47. The number of hydrogen-bond acceptors (Lipinski definition) is 4. The van der Waals surface area contributed by atoms with E-state index < -0.39 is 30.7 Å². The minimum absolute atomic E-state index is 0.112. The fourth-order valence-corrected chi connectivity index (χ4v) is 3.87. The third kappa shape index (κ3) is 3.91. The standard InChI is InChI=1S/C17H19F3N2O4/c18-17(19,20)9-26-14-6-5-11(8-21-14)15(23)22-12-4-2-1-3-10(12)7-13(22)16(24)25/h5-6,8,10,12-13H,1-4,7,9H2,(H,24,25). The van der Waals surface area contributed by atoms with Crippen LogP contribution in [0.15, 0.2) is 18.3 Å². The molecule has 3 rings (SSSR count). The number of likely N-dealkylation sites (tertiary alicyclic amines) is 1. The third-order valence-electron chi connectivity index (χ3n) is 4.97. The van der Waals surface area contributed by atoms with E-state index in [2.05, 4.69) is 9.72 Å². The fraction of sp³-hybridized carbons (Fsp3) is 0.588. The Morgan fingerprint density at radius 1 is 1.27 bits per heavy atom. The third-order valence-corrected chi connectivity index (χ3v) is 4.97. The quantitative estimate of drug-likeness (QED) is 0.879. The molecule has 6 nitrogen and oxygen atoms in total. The van der Waals surface area contributed by atoms with Crippen molar-refractivity contribution in [3.05, 3.63) is 23.9 Å². The maximum absolute atomic E-state index is 12.8. The molecule has 3 atom stereocenters. The lowest BCUT2D eigenvalue weighted by Crippen LogP contribution is -2.46. The lowest BCUT2D eigenvalue weighted by atomic mass is 9.84. The number of fused-ring (bicyclic) bond motifs is 1. The first kappa shape index (κ1) is 18.5. The summed E-state index contributed by atoms with van der Waals surface area (Å²) in [5.74, 6) is -1.56. The molecule has 2 aliphatic rings. The highest BCUT2D eigenvalue weighted by molar-refractivity contribution is 5.97. The van der Waals surface area contributed by atoms with Crippen molar-refractivity contribution >= 4 is 11.9 Å². The highest BCUT2D eigenvalue weighted by Crippen LogP contribution is 2.40. The van der Waals surface area contributed by atoms with Gasteiger partial charge in [-0.1, -0.05) is 12.8 Å². The van der Waals surface area contributed by atoms with Gasteiger partial charge < -0.3 is 14.7 Å². The Morgan fingerprint density at radius 3 is 2.62 bits per heavy atom. The number of aromatic nitrogens is 1. The Balaban J connectivity index is 1.75. The van der Waals surface area contributed by atoms with Crippen molar-refractivity contribution in [2.45, 2.75) is 50.4 Å². The number of aliphatic carboxylic acids is 1. The van der Waals surface area contributed by atoms with Gasteiger partial charge >= 0.3 is 12.1 Å². The maximum atomic E-state index is 12.8. The van der Waals surface area contributed by atoms with Crippen LogP contribution in [0, 0.1) is 5.92 Å². The van der Waals surface area contributed by atoms with E-state index in [1.807, 2.05) is 0 Å². The molecule has 0 spiro atoms. The minimum Gasteiger partial charge on any atom is -0.480 e. The summed E-state index contributed by atoms with van der Waals surface area (Å²) < 4.78 is 41.0. The van der Waals surface area contributed by atoms with E-state index in [9.17, 15) is 27.9 Å². The monoisotopic (exact) mass is 372 g/mol. The van der Waals surface area contributed by atoms with Crippen LogP contribution in [0.3, 0.4) is 0 Å². The molecular weight excluding hydrogens is 353 g/mol. The number of amides is 1. The zero-order chi connectivity index (χ0) is 18.9. The molecule has 9 heteroatoms. The number of alkyl halides is 3. The van der Waals surface area contributed by atoms with Crippen molar-refractivity contribution < 1.29 is 32.6 Å². The van der Waals surface area contributed by atoms with Gasteiger partial charge in [0.2, 0.25) is 5.88 Å². The van der Waals surface area contributed by atoms with E-state index in [1.54, 1.807) is 0 Å². The van der Waals surface area contributed by atoms with Gasteiger partial charge in [0.15, 0.2) is 6.61 Å². The van der Waals surface area contributed by atoms with Crippen LogP contribution >= 0.6 is 0 Å². The molecule has 1 N–H and O–H groups in total. The Hall–Kier alpha value is -2.32. The molecule has 1 aliphatic heterocycles. The van der Waals surface area contributed by atoms with Crippen LogP contribution in [0.5, 0.6) is 5.88 Å². The zero-order valence-corrected chi connectivity index (χ0v) is 13.9. The van der Waals surface area contributed by atoms with E-state index in [4.69, 9.17) is 0 Å². The smallest absolute Gasteiger partial charge is 0.422 e. The van der Waals surface area contributed by atoms with E-state index >= 15 is 0 Å². The summed E-state index contributed by atoms with van der Waals surface area (Å²) >= 11 is 0. The van der Waals surface area contributed by atoms with Crippen LogP contribution in [0.25, 0.3) is 0 Å². The van der Waals surface area contributed by atoms with Crippen molar-refractivity contribution in [2.24, 2.45) is 5.92 Å². The number of hydrogen-bond donors (Lipinski definition) is 1. The molecule has 26 heavy (non-hydrogen) atoms. The lowest BCUT2D eigenvalue weighted by Gasteiger charge is -2.33. The van der Waals surface area contributed by atoms with Gasteiger partial charge in [-0.25, -0.2) is 9.78 Å². The second-order valence-corrected chi connectivity index (χ2v) is 6.70. The Kier molecular flexibility index (Phi) is 5.06. The first-order chi connectivity index (χ1) is 12.3. The topological polar surface area (TPSA) is 79.7 Å². The lowest BCUT2D eigenvalue weighted by molar-refractivity contribution is -0.154. The minimum atomic E-state index is -4.48. The summed E-state index contributed by atoms with van der Waals surface area (Å²) in [5, 5.41) is 9.48. The number of carbonyl (C=O) groups is 2. The molecule has 1 amide bonds. The molecule has 3 unspecified atom stereocenters. The summed E-state index contributed by atoms with van der Waals surface area (Å²) in [6, 6.07) is 1.51. The summed E-state index contributed by atoms with van der Waals surface area (Å²) in [5.41, 5.74) is 0.141. The molecule has 1 aromatic rings. The number of carboxylic acids is 1. The number of carbonyl (C=O) groups excluding carboxylic acids is 1. The number of carboxylic acid groups (broad SMARTS) is 1. The van der Waals surface area contributed by atoms with Crippen LogP contribution in [0.4, 0.5) is 13.2 Å². The van der Waals surface area contributed by atoms with Crippen LogP contribution < -0.4 is 4.74 Å². The maximum Gasteiger partial charge on any atom is 0.422 e. The van der Waals surface area contributed by atoms with Crippen molar-refractivity contribution in [3.63, 3.8) is 0 Å². The number of rotatable bonds is 4. The van der Waals surface area contributed by atoms with Gasteiger partial charge in [0.05, 0.1) is 5.56 Å². The fourth-order valence-electron chi connectivity index (χ4n) is 3.87. The summed E-state index contributed by atoms with van der Waals surface area (Å²) in [6.07, 6.45) is 0.731. The first-order valence-corrected chi connectivity index (χ1v) is 8.47. The van der Waals surface area contributed by atoms with Crippen molar-refractivity contribution in [1.29, 1.82) is 0 Å². The number of ether oxygens (including phenoxy) is 1. The average Bonchev–Trinajstić information content (AvgIpc) is 2.99. The van der Waals surface area contributed by atoms with Crippen LogP contribution in [0.2, 0.25) is 0 Å². The predicted molar refractivity (Wildman–Crippen MR) is 83.7 cm³/mol. The van der Waals surface area contributed by atoms with Gasteiger partial charge in [-0.15, -0.1) is 0 Å². The molecule has 1 aliphatic carbocycles. The number of nitrogens with zero attached hydrogens (tertiary/aromatic N) is 2. The van der Waals surface area contributed by atoms with E-state index in [0.29, 0.717) is 6.42 Å². The molecular formula is C17H19F3N2O4. The summed E-state index contributed by atoms with van der Waals surface area (Å²) in [7, 11) is 0. The van der Waals surface area contributed by atoms with Gasteiger partial charge in [0, 0.05) is 18.3 Å². The molecule has 0 radical (unpaired) electrons. The van der Waals surface area contributed by atoms with E-state index in [-0.39, 0.29) is 23.4 Å². The normalized spacial score (nSPS) is 25.7. The van der Waals surface area contributed by atoms with Gasteiger partial charge in [-0.05, 0) is 31.2 Å². The van der Waals surface area contributed by atoms with Crippen LogP contribution in [-0.4, -0.2) is 51.7 Å². The number of pyridine rings is 1. The van der Waals surface area contributed by atoms with Gasteiger partial charge in [0.1, 0.15) is 6.04 Å². The zero-order valence-electron chi connectivity index (χ0n) is 13.9. The second kappa shape index (κ2) is 7.13. The van der Waals surface area contributed by atoms with Gasteiger partial charge in [-0.2, -0.15) is 13.2 Å². The Bertz CT molecular complexity index is 678. The highest BCUT2D eigenvalue weighted by Gasteiger charge is 2.47. The molecule has 0 bridgehead atoms. The van der Waals surface area contributed by atoms with Crippen LogP contribution in [-0.2, 0) is 4.79 Å². The largest absolute Gasteiger partial charge is 0.480 e. The van der Waals surface area contributed by atoms with Crippen molar-refractivity contribution in [1.82, 2.24) is 9.88 Å². The average molecular weight is 372 g/mol. The molecule has 0 aromatic carbocycles. The van der Waals surface area contributed by atoms with E-state index in [0.717, 1.165) is 31.9 Å². The van der Waals surface area contributed by atoms with Gasteiger partial charge in [0.25, 0.3) is 5.91 Å². The molecule has 2 fully saturated rings. The highest BCUT2D eigenvalue weighted by atomic mass is 19.4. The van der Waals surface area contributed by atoms with Crippen LogP contribution in [0.1, 0.15) is 42.5 Å². The molecule has 2 heterocycles. The summed E-state index contributed by atoms with van der Waals surface area (Å²) in [4.78, 5) is 29.6. The Morgan fingerprint density at radius 2 is 2.00 bits per heavy atom. The predicted octanol–water partition coefficient (Wildman–Crippen LogP) is 2.88. The first-order valence-electron chi connectivity index (χ1n) is 8.47. The number of halogens is 3. The molecule has 142 valence electrons. The molecule has 1 saturated carbocycles. The van der Waals surface area contributed by atoms with E-state index in [1.165, 1.54) is 17.0 Å². The SMILES string of the molecule is O=C(O)C1CC2CCCCC2N1C(=O)c1ccc(OCC(F)(F)F)nc1. The van der Waals surface area contributed by atoms with Crippen molar-refractivity contribution in [2.75, 3.05) is 6.61 Å². The Labute approximate surface area is 148 Å². The second-order valence-electron chi connectivity index (χ2n) is 6.70. The molecule has 1 aromatic heterocycles.